The lowest BCUT2D eigenvalue weighted by Crippen LogP contribution is -2.03. The van der Waals surface area contributed by atoms with Gasteiger partial charge in [0.1, 0.15) is 17.7 Å². The number of benzene rings is 2. The van der Waals surface area contributed by atoms with Gasteiger partial charge in [-0.3, -0.25) is 0 Å². The van der Waals surface area contributed by atoms with Gasteiger partial charge in [-0.1, -0.05) is 18.2 Å². The molecule has 4 heteroatoms. The molecule has 1 N–H and O–H groups in total. The highest BCUT2D eigenvalue weighted by atomic mass is 127. The van der Waals surface area contributed by atoms with E-state index in [1.165, 1.54) is 12.1 Å². The first-order chi connectivity index (χ1) is 9.11. The highest BCUT2D eigenvalue weighted by Crippen LogP contribution is 2.28. The largest absolute Gasteiger partial charge is 0.494 e. The molecule has 2 aromatic rings. The van der Waals surface area contributed by atoms with Crippen LogP contribution in [0.5, 0.6) is 5.75 Å². The summed E-state index contributed by atoms with van der Waals surface area (Å²) in [6, 6.07) is 11.7. The Morgan fingerprint density at radius 2 is 2.05 bits per heavy atom. The summed E-state index contributed by atoms with van der Waals surface area (Å²) in [5.41, 5.74) is 1.42. The SMILES string of the molecule is CCOc1cccc(C(O)c2ccc(F)cc2I)c1. The Balaban J connectivity index is 2.32. The third kappa shape index (κ3) is 3.45. The van der Waals surface area contributed by atoms with E-state index < -0.39 is 6.10 Å². The predicted octanol–water partition coefficient (Wildman–Crippen LogP) is 3.91. The molecule has 0 aliphatic carbocycles. The molecule has 0 amide bonds. The fraction of sp³-hybridized carbons (Fsp3) is 0.200. The molecule has 100 valence electrons. The molecule has 2 aromatic carbocycles. The monoisotopic (exact) mass is 372 g/mol. The summed E-state index contributed by atoms with van der Waals surface area (Å²) in [5, 5.41) is 10.4. The van der Waals surface area contributed by atoms with Gasteiger partial charge in [0.25, 0.3) is 0 Å². The third-order valence-corrected chi connectivity index (χ3v) is 3.68. The van der Waals surface area contributed by atoms with Gasteiger partial charge in [0, 0.05) is 3.57 Å². The van der Waals surface area contributed by atoms with Crippen LogP contribution in [-0.4, -0.2) is 11.7 Å². The number of aliphatic hydroxyl groups is 1. The quantitative estimate of drug-likeness (QED) is 0.825. The summed E-state index contributed by atoms with van der Waals surface area (Å²) in [7, 11) is 0. The van der Waals surface area contributed by atoms with Crippen molar-refractivity contribution in [2.24, 2.45) is 0 Å². The van der Waals surface area contributed by atoms with Crippen LogP contribution in [0.3, 0.4) is 0 Å². The van der Waals surface area contributed by atoms with Gasteiger partial charge in [0.2, 0.25) is 0 Å². The summed E-state index contributed by atoms with van der Waals surface area (Å²) in [6.45, 7) is 2.49. The zero-order valence-corrected chi connectivity index (χ0v) is 12.6. The van der Waals surface area contributed by atoms with Crippen molar-refractivity contribution in [3.8, 4) is 5.75 Å². The van der Waals surface area contributed by atoms with Gasteiger partial charge in [-0.25, -0.2) is 4.39 Å². The second-order valence-electron chi connectivity index (χ2n) is 4.07. The maximum atomic E-state index is 13.1. The summed E-state index contributed by atoms with van der Waals surface area (Å²) in [5.74, 6) is 0.416. The molecule has 0 aliphatic heterocycles. The van der Waals surface area contributed by atoms with Crippen molar-refractivity contribution in [3.05, 3.63) is 63.0 Å². The number of aliphatic hydroxyl groups excluding tert-OH is 1. The van der Waals surface area contributed by atoms with E-state index in [2.05, 4.69) is 0 Å². The van der Waals surface area contributed by atoms with Crippen molar-refractivity contribution < 1.29 is 14.2 Å². The number of ether oxygens (including phenoxy) is 1. The topological polar surface area (TPSA) is 29.5 Å². The van der Waals surface area contributed by atoms with Crippen molar-refractivity contribution in [1.82, 2.24) is 0 Å². The Kier molecular flexibility index (Phi) is 4.76. The van der Waals surface area contributed by atoms with Gasteiger partial charge in [-0.05, 0) is 64.9 Å². The van der Waals surface area contributed by atoms with E-state index in [1.54, 1.807) is 12.1 Å². The first-order valence-corrected chi connectivity index (χ1v) is 7.05. The second kappa shape index (κ2) is 6.34. The van der Waals surface area contributed by atoms with Crippen LogP contribution in [0.2, 0.25) is 0 Å². The minimum Gasteiger partial charge on any atom is -0.494 e. The van der Waals surface area contributed by atoms with E-state index in [9.17, 15) is 9.50 Å². The summed E-state index contributed by atoms with van der Waals surface area (Å²) >= 11 is 2.02. The van der Waals surface area contributed by atoms with Crippen LogP contribution in [0.1, 0.15) is 24.2 Å². The van der Waals surface area contributed by atoms with Crippen molar-refractivity contribution >= 4 is 22.6 Å². The lowest BCUT2D eigenvalue weighted by molar-refractivity contribution is 0.218. The lowest BCUT2D eigenvalue weighted by Gasteiger charge is -2.14. The maximum absolute atomic E-state index is 13.1. The Labute approximate surface area is 125 Å². The number of halogens is 2. The average molecular weight is 372 g/mol. The third-order valence-electron chi connectivity index (χ3n) is 2.74. The smallest absolute Gasteiger partial charge is 0.124 e. The Hall–Kier alpha value is -1.14. The van der Waals surface area contributed by atoms with Crippen LogP contribution in [0, 0.1) is 9.39 Å². The van der Waals surface area contributed by atoms with Crippen LogP contribution < -0.4 is 4.74 Å². The zero-order chi connectivity index (χ0) is 13.8. The normalized spacial score (nSPS) is 12.2. The molecule has 1 unspecified atom stereocenters. The fourth-order valence-corrected chi connectivity index (χ4v) is 2.62. The van der Waals surface area contributed by atoms with Crippen LogP contribution in [0.15, 0.2) is 42.5 Å². The number of rotatable bonds is 4. The maximum Gasteiger partial charge on any atom is 0.124 e. The molecule has 0 aliphatic rings. The van der Waals surface area contributed by atoms with E-state index in [1.807, 2.05) is 47.7 Å². The van der Waals surface area contributed by atoms with Crippen LogP contribution in [0.25, 0.3) is 0 Å². The van der Waals surface area contributed by atoms with Crippen molar-refractivity contribution in [1.29, 1.82) is 0 Å². The van der Waals surface area contributed by atoms with Gasteiger partial charge in [-0.15, -0.1) is 0 Å². The standard InChI is InChI=1S/C15H14FIO2/c1-2-19-12-5-3-4-10(8-12)15(18)13-7-6-11(16)9-14(13)17/h3-9,15,18H,2H2,1H3. The van der Waals surface area contributed by atoms with Crippen molar-refractivity contribution in [3.63, 3.8) is 0 Å². The van der Waals surface area contributed by atoms with Gasteiger partial charge in [0.05, 0.1) is 6.61 Å². The second-order valence-corrected chi connectivity index (χ2v) is 5.24. The first kappa shape index (κ1) is 14.3. The molecule has 0 spiro atoms. The van der Waals surface area contributed by atoms with E-state index >= 15 is 0 Å². The average Bonchev–Trinajstić information content (AvgIpc) is 2.39. The molecule has 0 bridgehead atoms. The van der Waals surface area contributed by atoms with Gasteiger partial charge in [-0.2, -0.15) is 0 Å². The molecule has 0 radical (unpaired) electrons. The minimum absolute atomic E-state index is 0.302. The van der Waals surface area contributed by atoms with E-state index in [0.29, 0.717) is 15.7 Å². The Bertz CT molecular complexity index is 572. The highest BCUT2D eigenvalue weighted by molar-refractivity contribution is 14.1. The van der Waals surface area contributed by atoms with Crippen molar-refractivity contribution in [2.75, 3.05) is 6.61 Å². The highest BCUT2D eigenvalue weighted by Gasteiger charge is 2.14. The minimum atomic E-state index is -0.784. The van der Waals surface area contributed by atoms with E-state index in [0.717, 1.165) is 11.3 Å². The number of hydrogen-bond acceptors (Lipinski definition) is 2. The Morgan fingerprint density at radius 3 is 2.74 bits per heavy atom. The molecule has 2 nitrogen and oxygen atoms in total. The Morgan fingerprint density at radius 1 is 1.26 bits per heavy atom. The van der Waals surface area contributed by atoms with Gasteiger partial charge < -0.3 is 9.84 Å². The van der Waals surface area contributed by atoms with E-state index in [-0.39, 0.29) is 5.82 Å². The molecule has 1 atom stereocenters. The first-order valence-electron chi connectivity index (χ1n) is 5.97. The molecule has 0 fully saturated rings. The summed E-state index contributed by atoms with van der Waals surface area (Å²) in [6.07, 6.45) is -0.784. The molecule has 0 saturated heterocycles. The summed E-state index contributed by atoms with van der Waals surface area (Å²) in [4.78, 5) is 0. The van der Waals surface area contributed by atoms with Crippen LogP contribution in [-0.2, 0) is 0 Å². The van der Waals surface area contributed by atoms with E-state index in [4.69, 9.17) is 4.74 Å². The molecule has 2 rings (SSSR count). The fourth-order valence-electron chi connectivity index (χ4n) is 1.84. The zero-order valence-electron chi connectivity index (χ0n) is 10.4. The van der Waals surface area contributed by atoms with Crippen LogP contribution >= 0.6 is 22.6 Å². The lowest BCUT2D eigenvalue weighted by atomic mass is 10.0. The number of hydrogen-bond donors (Lipinski definition) is 1. The summed E-state index contributed by atoms with van der Waals surface area (Å²) < 4.78 is 19.2. The predicted molar refractivity (Wildman–Crippen MR) is 80.8 cm³/mol. The molecular formula is C15H14FIO2. The molecular weight excluding hydrogens is 358 g/mol. The molecule has 0 aromatic heterocycles. The molecule has 0 heterocycles. The van der Waals surface area contributed by atoms with Gasteiger partial charge in [0.15, 0.2) is 0 Å². The van der Waals surface area contributed by atoms with Crippen LogP contribution in [0.4, 0.5) is 4.39 Å². The van der Waals surface area contributed by atoms with Gasteiger partial charge >= 0.3 is 0 Å². The molecule has 19 heavy (non-hydrogen) atoms. The molecule has 0 saturated carbocycles. The van der Waals surface area contributed by atoms with Crippen molar-refractivity contribution in [2.45, 2.75) is 13.0 Å².